The minimum absolute atomic E-state index is 0.346. The van der Waals surface area contributed by atoms with E-state index in [-0.39, 0.29) is 5.97 Å². The molecule has 2 aromatic rings. The van der Waals surface area contributed by atoms with Gasteiger partial charge in [-0.3, -0.25) is 0 Å². The molecule has 1 N–H and O–H groups in total. The Morgan fingerprint density at radius 3 is 3.00 bits per heavy atom. The Kier molecular flexibility index (Phi) is 4.52. The summed E-state index contributed by atoms with van der Waals surface area (Å²) >= 11 is 1.69. The SMILES string of the molecule is CCOC(=O)c1cccnc1NCc1sccc1C. The van der Waals surface area contributed by atoms with Crippen LogP contribution in [0, 0.1) is 6.92 Å². The highest BCUT2D eigenvalue weighted by molar-refractivity contribution is 7.10. The van der Waals surface area contributed by atoms with Gasteiger partial charge in [-0.05, 0) is 43.0 Å². The number of nitrogens with one attached hydrogen (secondary N) is 1. The second kappa shape index (κ2) is 6.33. The predicted octanol–water partition coefficient (Wildman–Crippen LogP) is 3.24. The molecule has 19 heavy (non-hydrogen) atoms. The van der Waals surface area contributed by atoms with Crippen LogP contribution in [0.1, 0.15) is 27.7 Å². The Labute approximate surface area is 116 Å². The number of hydrogen-bond acceptors (Lipinski definition) is 5. The monoisotopic (exact) mass is 276 g/mol. The molecule has 5 heteroatoms. The van der Waals surface area contributed by atoms with Crippen LogP contribution in [0.5, 0.6) is 0 Å². The van der Waals surface area contributed by atoms with Crippen molar-refractivity contribution in [1.29, 1.82) is 0 Å². The Hall–Kier alpha value is -1.88. The molecule has 2 heterocycles. The van der Waals surface area contributed by atoms with Gasteiger partial charge in [0.1, 0.15) is 11.4 Å². The molecule has 0 fully saturated rings. The molecule has 0 unspecified atom stereocenters. The van der Waals surface area contributed by atoms with Crippen LogP contribution in [0.2, 0.25) is 0 Å². The zero-order chi connectivity index (χ0) is 13.7. The van der Waals surface area contributed by atoms with Crippen LogP contribution >= 0.6 is 11.3 Å². The first-order valence-electron chi connectivity index (χ1n) is 6.11. The predicted molar refractivity (Wildman–Crippen MR) is 76.6 cm³/mol. The van der Waals surface area contributed by atoms with E-state index in [1.54, 1.807) is 36.6 Å². The van der Waals surface area contributed by atoms with Crippen LogP contribution in [0.25, 0.3) is 0 Å². The van der Waals surface area contributed by atoms with Crippen molar-refractivity contribution in [2.24, 2.45) is 0 Å². The summed E-state index contributed by atoms with van der Waals surface area (Å²) in [6.07, 6.45) is 1.66. The van der Waals surface area contributed by atoms with Gasteiger partial charge in [-0.25, -0.2) is 9.78 Å². The first-order chi connectivity index (χ1) is 9.22. The van der Waals surface area contributed by atoms with Crippen LogP contribution in [0.15, 0.2) is 29.8 Å². The number of ether oxygens (including phenoxy) is 1. The summed E-state index contributed by atoms with van der Waals surface area (Å²) in [7, 11) is 0. The van der Waals surface area contributed by atoms with E-state index in [0.29, 0.717) is 24.5 Å². The summed E-state index contributed by atoms with van der Waals surface area (Å²) in [6, 6.07) is 5.52. The van der Waals surface area contributed by atoms with Gasteiger partial charge in [0, 0.05) is 11.1 Å². The number of rotatable bonds is 5. The van der Waals surface area contributed by atoms with Crippen molar-refractivity contribution in [1.82, 2.24) is 4.98 Å². The maximum absolute atomic E-state index is 11.8. The van der Waals surface area contributed by atoms with E-state index >= 15 is 0 Å². The normalized spacial score (nSPS) is 10.2. The molecule has 0 radical (unpaired) electrons. The molecule has 0 aliphatic carbocycles. The van der Waals surface area contributed by atoms with Gasteiger partial charge in [0.15, 0.2) is 0 Å². The molecule has 0 aliphatic heterocycles. The summed E-state index contributed by atoms with van der Waals surface area (Å²) in [4.78, 5) is 17.2. The Morgan fingerprint density at radius 2 is 2.32 bits per heavy atom. The number of nitrogens with zero attached hydrogens (tertiary/aromatic N) is 1. The molecule has 0 amide bonds. The van der Waals surface area contributed by atoms with Crippen molar-refractivity contribution in [3.8, 4) is 0 Å². The van der Waals surface area contributed by atoms with Crippen LogP contribution in [-0.4, -0.2) is 17.6 Å². The third-order valence-corrected chi connectivity index (χ3v) is 3.71. The quantitative estimate of drug-likeness (QED) is 0.852. The Balaban J connectivity index is 2.12. The van der Waals surface area contributed by atoms with E-state index in [1.165, 1.54) is 10.4 Å². The van der Waals surface area contributed by atoms with Gasteiger partial charge >= 0.3 is 5.97 Å². The number of aromatic nitrogens is 1. The van der Waals surface area contributed by atoms with Crippen molar-refractivity contribution < 1.29 is 9.53 Å². The van der Waals surface area contributed by atoms with Crippen molar-refractivity contribution in [2.45, 2.75) is 20.4 Å². The summed E-state index contributed by atoms with van der Waals surface area (Å²) in [5, 5.41) is 5.25. The average molecular weight is 276 g/mol. The van der Waals surface area contributed by atoms with E-state index in [1.807, 2.05) is 0 Å². The molecule has 0 saturated carbocycles. The number of esters is 1. The zero-order valence-electron chi connectivity index (χ0n) is 11.0. The molecule has 100 valence electrons. The molecule has 0 aliphatic rings. The van der Waals surface area contributed by atoms with Crippen LogP contribution in [0.4, 0.5) is 5.82 Å². The van der Waals surface area contributed by atoms with Gasteiger partial charge in [0.2, 0.25) is 0 Å². The lowest BCUT2D eigenvalue weighted by Gasteiger charge is -2.09. The summed E-state index contributed by atoms with van der Waals surface area (Å²) in [5.41, 5.74) is 1.71. The largest absolute Gasteiger partial charge is 0.462 e. The standard InChI is InChI=1S/C14H16N2O2S/c1-3-18-14(17)11-5-4-7-15-13(11)16-9-12-10(2)6-8-19-12/h4-8H,3,9H2,1-2H3,(H,15,16). The Bertz CT molecular complexity index is 566. The fourth-order valence-electron chi connectivity index (χ4n) is 1.67. The van der Waals surface area contributed by atoms with E-state index in [2.05, 4.69) is 28.7 Å². The fraction of sp³-hybridized carbons (Fsp3) is 0.286. The highest BCUT2D eigenvalue weighted by Crippen LogP contribution is 2.19. The number of pyridine rings is 1. The molecular weight excluding hydrogens is 260 g/mol. The smallest absolute Gasteiger partial charge is 0.341 e. The van der Waals surface area contributed by atoms with Crippen molar-refractivity contribution in [3.05, 3.63) is 45.8 Å². The molecular formula is C14H16N2O2S. The van der Waals surface area contributed by atoms with Gasteiger partial charge in [0.25, 0.3) is 0 Å². The van der Waals surface area contributed by atoms with E-state index < -0.39 is 0 Å². The van der Waals surface area contributed by atoms with E-state index in [9.17, 15) is 4.79 Å². The second-order valence-electron chi connectivity index (χ2n) is 4.00. The van der Waals surface area contributed by atoms with Gasteiger partial charge in [0.05, 0.1) is 13.2 Å². The number of carbonyl (C=O) groups is 1. The lowest BCUT2D eigenvalue weighted by atomic mass is 10.2. The van der Waals surface area contributed by atoms with Crippen LogP contribution < -0.4 is 5.32 Å². The van der Waals surface area contributed by atoms with Crippen molar-refractivity contribution in [3.63, 3.8) is 0 Å². The Morgan fingerprint density at radius 1 is 1.47 bits per heavy atom. The molecule has 4 nitrogen and oxygen atoms in total. The zero-order valence-corrected chi connectivity index (χ0v) is 11.8. The highest BCUT2D eigenvalue weighted by atomic mass is 32.1. The van der Waals surface area contributed by atoms with Gasteiger partial charge in [-0.2, -0.15) is 0 Å². The molecule has 0 bridgehead atoms. The first-order valence-corrected chi connectivity index (χ1v) is 6.99. The third kappa shape index (κ3) is 3.32. The lowest BCUT2D eigenvalue weighted by molar-refractivity contribution is 0.0527. The number of hydrogen-bond donors (Lipinski definition) is 1. The maximum atomic E-state index is 11.8. The molecule has 0 atom stereocenters. The average Bonchev–Trinajstić information content (AvgIpc) is 2.82. The van der Waals surface area contributed by atoms with E-state index in [4.69, 9.17) is 4.74 Å². The molecule has 0 aromatic carbocycles. The van der Waals surface area contributed by atoms with Crippen LogP contribution in [0.3, 0.4) is 0 Å². The lowest BCUT2D eigenvalue weighted by Crippen LogP contribution is -2.11. The fourth-order valence-corrected chi connectivity index (χ4v) is 2.51. The second-order valence-corrected chi connectivity index (χ2v) is 5.00. The van der Waals surface area contributed by atoms with E-state index in [0.717, 1.165) is 0 Å². The number of carbonyl (C=O) groups excluding carboxylic acids is 1. The summed E-state index contributed by atoms with van der Waals surface area (Å²) < 4.78 is 5.01. The molecule has 0 saturated heterocycles. The molecule has 0 spiro atoms. The first kappa shape index (κ1) is 13.5. The number of anilines is 1. The minimum Gasteiger partial charge on any atom is -0.462 e. The van der Waals surface area contributed by atoms with Crippen LogP contribution in [-0.2, 0) is 11.3 Å². The van der Waals surface area contributed by atoms with Crippen molar-refractivity contribution >= 4 is 23.1 Å². The summed E-state index contributed by atoms with van der Waals surface area (Å²) in [5.74, 6) is 0.217. The third-order valence-electron chi connectivity index (χ3n) is 2.69. The van der Waals surface area contributed by atoms with Gasteiger partial charge < -0.3 is 10.1 Å². The summed E-state index contributed by atoms with van der Waals surface area (Å²) in [6.45, 7) is 4.87. The van der Waals surface area contributed by atoms with Gasteiger partial charge in [-0.15, -0.1) is 11.3 Å². The highest BCUT2D eigenvalue weighted by Gasteiger charge is 2.13. The molecule has 2 aromatic heterocycles. The number of aryl methyl sites for hydroxylation is 1. The maximum Gasteiger partial charge on any atom is 0.341 e. The van der Waals surface area contributed by atoms with Crippen molar-refractivity contribution in [2.75, 3.05) is 11.9 Å². The molecule has 2 rings (SSSR count). The number of thiophene rings is 1. The van der Waals surface area contributed by atoms with Gasteiger partial charge in [-0.1, -0.05) is 0 Å². The topological polar surface area (TPSA) is 51.2 Å². The minimum atomic E-state index is -0.346.